The molecule has 144 valence electrons. The maximum Gasteiger partial charge on any atom is 0.230 e. The van der Waals surface area contributed by atoms with Crippen LogP contribution in [0.3, 0.4) is 0 Å². The Balaban J connectivity index is 1.41. The fraction of sp³-hybridized carbons (Fsp3) is 0.286. The number of rotatable bonds is 5. The van der Waals surface area contributed by atoms with E-state index < -0.39 is 0 Å². The molecule has 1 atom stereocenters. The molecule has 0 bridgehead atoms. The van der Waals surface area contributed by atoms with Gasteiger partial charge in [-0.2, -0.15) is 0 Å². The number of amides is 1. The summed E-state index contributed by atoms with van der Waals surface area (Å²) in [6.45, 7) is 0. The molecule has 0 radical (unpaired) electrons. The molecular formula is C21H21ClN4OS. The van der Waals surface area contributed by atoms with Crippen LogP contribution in [0.5, 0.6) is 0 Å². The molecule has 7 heteroatoms. The van der Waals surface area contributed by atoms with E-state index >= 15 is 0 Å². The first kappa shape index (κ1) is 19.0. The van der Waals surface area contributed by atoms with E-state index in [0.717, 1.165) is 24.8 Å². The van der Waals surface area contributed by atoms with Gasteiger partial charge in [0, 0.05) is 12.6 Å². The first-order valence-electron chi connectivity index (χ1n) is 9.27. The van der Waals surface area contributed by atoms with Gasteiger partial charge in [-0.3, -0.25) is 4.79 Å². The maximum absolute atomic E-state index is 12.5. The third-order valence-corrected chi connectivity index (χ3v) is 6.34. The second-order valence-corrected chi connectivity index (χ2v) is 8.19. The number of benzene rings is 2. The Labute approximate surface area is 173 Å². The molecule has 1 heterocycles. The van der Waals surface area contributed by atoms with Crippen LogP contribution in [0, 0.1) is 0 Å². The number of aryl methyl sites for hydroxylation is 1. The molecule has 0 saturated heterocycles. The van der Waals surface area contributed by atoms with Crippen LogP contribution < -0.4 is 5.32 Å². The molecule has 1 aromatic heterocycles. The molecule has 1 aliphatic rings. The van der Waals surface area contributed by atoms with Crippen LogP contribution in [-0.2, 0) is 18.3 Å². The summed E-state index contributed by atoms with van der Waals surface area (Å²) in [5.74, 6) is 0.997. The topological polar surface area (TPSA) is 59.8 Å². The van der Waals surface area contributed by atoms with Gasteiger partial charge in [0.2, 0.25) is 5.91 Å². The van der Waals surface area contributed by atoms with E-state index in [2.05, 4.69) is 33.7 Å². The van der Waals surface area contributed by atoms with Crippen LogP contribution in [-0.4, -0.2) is 26.4 Å². The highest BCUT2D eigenvalue weighted by molar-refractivity contribution is 7.99. The van der Waals surface area contributed by atoms with Crippen LogP contribution in [0.4, 0.5) is 0 Å². The second kappa shape index (κ2) is 8.37. The number of hydrogen-bond donors (Lipinski definition) is 1. The van der Waals surface area contributed by atoms with Crippen molar-refractivity contribution in [1.29, 1.82) is 0 Å². The average molecular weight is 413 g/mol. The smallest absolute Gasteiger partial charge is 0.230 e. The highest BCUT2D eigenvalue weighted by Gasteiger charge is 2.22. The summed E-state index contributed by atoms with van der Waals surface area (Å²) in [6.07, 6.45) is 3.16. The van der Waals surface area contributed by atoms with Crippen LogP contribution in [0.15, 0.2) is 53.7 Å². The number of carbonyl (C=O) groups is 1. The van der Waals surface area contributed by atoms with Crippen molar-refractivity contribution in [3.63, 3.8) is 0 Å². The largest absolute Gasteiger partial charge is 0.349 e. The van der Waals surface area contributed by atoms with Gasteiger partial charge in [-0.15, -0.1) is 10.2 Å². The summed E-state index contributed by atoms with van der Waals surface area (Å²) in [6, 6.07) is 16.0. The van der Waals surface area contributed by atoms with E-state index in [-0.39, 0.29) is 11.9 Å². The van der Waals surface area contributed by atoms with Gasteiger partial charge < -0.3 is 9.88 Å². The Kier molecular flexibility index (Phi) is 5.69. The fourth-order valence-electron chi connectivity index (χ4n) is 3.59. The molecule has 0 spiro atoms. The summed E-state index contributed by atoms with van der Waals surface area (Å²) < 4.78 is 1.87. The molecule has 0 fully saturated rings. The van der Waals surface area contributed by atoms with Crippen molar-refractivity contribution in [2.75, 3.05) is 5.75 Å². The first-order valence-corrected chi connectivity index (χ1v) is 10.6. The summed E-state index contributed by atoms with van der Waals surface area (Å²) in [5, 5.41) is 13.0. The van der Waals surface area contributed by atoms with E-state index in [1.54, 1.807) is 0 Å². The average Bonchev–Trinajstić information content (AvgIpc) is 3.07. The van der Waals surface area contributed by atoms with Gasteiger partial charge >= 0.3 is 0 Å². The molecule has 1 unspecified atom stereocenters. The van der Waals surface area contributed by atoms with Gasteiger partial charge in [0.15, 0.2) is 11.0 Å². The Morgan fingerprint density at radius 3 is 2.86 bits per heavy atom. The molecule has 0 aliphatic heterocycles. The fourth-order valence-corrected chi connectivity index (χ4v) is 4.53. The van der Waals surface area contributed by atoms with Gasteiger partial charge in [-0.05, 0) is 42.5 Å². The van der Waals surface area contributed by atoms with E-state index in [1.807, 2.05) is 41.9 Å². The number of nitrogens with one attached hydrogen (secondary N) is 1. The summed E-state index contributed by atoms with van der Waals surface area (Å²) in [4.78, 5) is 12.5. The molecule has 0 saturated carbocycles. The quantitative estimate of drug-likeness (QED) is 0.630. The number of carbonyl (C=O) groups excluding carboxylic acids is 1. The minimum atomic E-state index is 0.00833. The number of aromatic nitrogens is 3. The van der Waals surface area contributed by atoms with E-state index in [4.69, 9.17) is 11.6 Å². The second-order valence-electron chi connectivity index (χ2n) is 6.84. The van der Waals surface area contributed by atoms with Crippen LogP contribution >= 0.6 is 23.4 Å². The van der Waals surface area contributed by atoms with Gasteiger partial charge in [0.05, 0.1) is 16.8 Å². The minimum Gasteiger partial charge on any atom is -0.349 e. The van der Waals surface area contributed by atoms with Crippen LogP contribution in [0.25, 0.3) is 11.4 Å². The van der Waals surface area contributed by atoms with E-state index in [1.165, 1.54) is 22.9 Å². The van der Waals surface area contributed by atoms with Crippen molar-refractivity contribution in [2.24, 2.45) is 7.05 Å². The van der Waals surface area contributed by atoms with E-state index in [9.17, 15) is 4.79 Å². The molecule has 1 amide bonds. The normalized spacial score (nSPS) is 15.9. The lowest BCUT2D eigenvalue weighted by molar-refractivity contribution is -0.119. The molecule has 1 aliphatic carbocycles. The SMILES string of the molecule is Cn1c(SCC(=O)NC2CCCc3ccccc32)nnc1-c1ccccc1Cl. The number of nitrogens with zero attached hydrogens (tertiary/aromatic N) is 3. The molecule has 3 aromatic rings. The lowest BCUT2D eigenvalue weighted by Crippen LogP contribution is -2.32. The summed E-state index contributed by atoms with van der Waals surface area (Å²) in [5.41, 5.74) is 3.41. The van der Waals surface area contributed by atoms with Crippen molar-refractivity contribution in [2.45, 2.75) is 30.5 Å². The Morgan fingerprint density at radius 2 is 2.00 bits per heavy atom. The summed E-state index contributed by atoms with van der Waals surface area (Å²) in [7, 11) is 1.89. The number of thioether (sulfide) groups is 1. The molecular weight excluding hydrogens is 392 g/mol. The Bertz CT molecular complexity index is 1000. The number of fused-ring (bicyclic) bond motifs is 1. The molecule has 2 aromatic carbocycles. The van der Waals surface area contributed by atoms with Crippen molar-refractivity contribution in [1.82, 2.24) is 20.1 Å². The lowest BCUT2D eigenvalue weighted by Gasteiger charge is -2.26. The Morgan fingerprint density at radius 1 is 1.21 bits per heavy atom. The zero-order valence-corrected chi connectivity index (χ0v) is 17.1. The Hall–Kier alpha value is -2.31. The number of hydrogen-bond acceptors (Lipinski definition) is 4. The van der Waals surface area contributed by atoms with Gasteiger partial charge in [0.25, 0.3) is 0 Å². The third kappa shape index (κ3) is 3.93. The van der Waals surface area contributed by atoms with Crippen molar-refractivity contribution in [3.8, 4) is 11.4 Å². The predicted octanol–water partition coefficient (Wildman–Crippen LogP) is 4.42. The monoisotopic (exact) mass is 412 g/mol. The maximum atomic E-state index is 12.5. The standard InChI is InChI=1S/C21H21ClN4OS/c1-26-20(16-10-4-5-11-17(16)22)24-25-21(26)28-13-19(27)23-18-12-6-8-14-7-2-3-9-15(14)18/h2-5,7,9-11,18H,6,8,12-13H2,1H3,(H,23,27). The summed E-state index contributed by atoms with van der Waals surface area (Å²) >= 11 is 7.65. The van der Waals surface area contributed by atoms with Crippen LogP contribution in [0.1, 0.15) is 30.0 Å². The highest BCUT2D eigenvalue weighted by Crippen LogP contribution is 2.30. The van der Waals surface area contributed by atoms with Crippen LogP contribution in [0.2, 0.25) is 5.02 Å². The minimum absolute atomic E-state index is 0.00833. The van der Waals surface area contributed by atoms with Crippen molar-refractivity contribution in [3.05, 3.63) is 64.7 Å². The van der Waals surface area contributed by atoms with Crippen molar-refractivity contribution < 1.29 is 4.79 Å². The molecule has 5 nitrogen and oxygen atoms in total. The first-order chi connectivity index (χ1) is 13.6. The zero-order chi connectivity index (χ0) is 19.5. The molecule has 28 heavy (non-hydrogen) atoms. The van der Waals surface area contributed by atoms with Crippen molar-refractivity contribution >= 4 is 29.3 Å². The molecule has 4 rings (SSSR count). The lowest BCUT2D eigenvalue weighted by atomic mass is 9.88. The van der Waals surface area contributed by atoms with Gasteiger partial charge in [0.1, 0.15) is 0 Å². The predicted molar refractivity (Wildman–Crippen MR) is 112 cm³/mol. The van der Waals surface area contributed by atoms with Gasteiger partial charge in [-0.25, -0.2) is 0 Å². The van der Waals surface area contributed by atoms with E-state index in [0.29, 0.717) is 21.8 Å². The highest BCUT2D eigenvalue weighted by atomic mass is 35.5. The third-order valence-electron chi connectivity index (χ3n) is 4.99. The number of halogens is 1. The zero-order valence-electron chi connectivity index (χ0n) is 15.6. The van der Waals surface area contributed by atoms with Gasteiger partial charge in [-0.1, -0.05) is 59.8 Å². The molecule has 1 N–H and O–H groups in total.